The summed E-state index contributed by atoms with van der Waals surface area (Å²) in [5.74, 6) is -0.331. The molecule has 0 aliphatic carbocycles. The van der Waals surface area contributed by atoms with Gasteiger partial charge in [0.15, 0.2) is 4.80 Å². The van der Waals surface area contributed by atoms with Crippen molar-refractivity contribution >= 4 is 44.5 Å². The maximum absolute atomic E-state index is 11.3. The molecule has 98 valence electrons. The quantitative estimate of drug-likeness (QED) is 0.860. The van der Waals surface area contributed by atoms with E-state index < -0.39 is 0 Å². The summed E-state index contributed by atoms with van der Waals surface area (Å²) in [5, 5.41) is 7.91. The van der Waals surface area contributed by atoms with Gasteiger partial charge in [-0.05, 0) is 31.0 Å². The van der Waals surface area contributed by atoms with Gasteiger partial charge in [0.05, 0.1) is 17.3 Å². The molecular formula is C12H15BrN2O2S. The Kier molecular flexibility index (Phi) is 4.70. The molecule has 0 saturated heterocycles. The number of hydrogen-bond acceptors (Lipinski definition) is 4. The Morgan fingerprint density at radius 2 is 2.11 bits per heavy atom. The van der Waals surface area contributed by atoms with Gasteiger partial charge in [-0.2, -0.15) is 0 Å². The maximum atomic E-state index is 11.3. The number of halogens is 1. The van der Waals surface area contributed by atoms with Gasteiger partial charge in [-0.1, -0.05) is 17.4 Å². The predicted octanol–water partition coefficient (Wildman–Crippen LogP) is 2.55. The molecule has 18 heavy (non-hydrogen) atoms. The Morgan fingerprint density at radius 3 is 2.72 bits per heavy atom. The second-order valence-corrected chi connectivity index (χ2v) is 5.00. The highest BCUT2D eigenvalue weighted by Gasteiger charge is 2.11. The maximum Gasteiger partial charge on any atom is 0.325 e. The number of hydrogen-bond donors (Lipinski definition) is 1. The van der Waals surface area contributed by atoms with Crippen LogP contribution in [-0.2, 0) is 16.1 Å². The lowest BCUT2D eigenvalue weighted by Crippen LogP contribution is -2.20. The number of ether oxygens (including phenoxy) is 1. The molecule has 0 radical (unpaired) electrons. The molecule has 0 saturated carbocycles. The van der Waals surface area contributed by atoms with E-state index in [-0.39, 0.29) is 29.5 Å². The van der Waals surface area contributed by atoms with Crippen LogP contribution >= 0.6 is 28.3 Å². The average molecular weight is 331 g/mol. The van der Waals surface area contributed by atoms with Gasteiger partial charge < -0.3 is 9.30 Å². The van der Waals surface area contributed by atoms with Crippen LogP contribution in [0.1, 0.15) is 11.1 Å². The molecule has 4 nitrogen and oxygen atoms in total. The third-order valence-electron chi connectivity index (χ3n) is 2.65. The molecule has 0 atom stereocenters. The van der Waals surface area contributed by atoms with Crippen LogP contribution in [0.15, 0.2) is 12.1 Å². The SMILES string of the molecule is Br.COC(=O)Cn1c(=N)sc2c(C)cc(C)cc21. The Morgan fingerprint density at radius 1 is 1.44 bits per heavy atom. The zero-order valence-electron chi connectivity index (χ0n) is 10.4. The van der Waals surface area contributed by atoms with Gasteiger partial charge in [-0.15, -0.1) is 17.0 Å². The van der Waals surface area contributed by atoms with Gasteiger partial charge in [0.25, 0.3) is 0 Å². The smallest absolute Gasteiger partial charge is 0.325 e. The van der Waals surface area contributed by atoms with Gasteiger partial charge >= 0.3 is 5.97 Å². The Hall–Kier alpha value is -1.14. The average Bonchev–Trinajstić information content (AvgIpc) is 2.57. The summed E-state index contributed by atoms with van der Waals surface area (Å²) in [6.45, 7) is 4.13. The number of nitrogens with zero attached hydrogens (tertiary/aromatic N) is 1. The fraction of sp³-hybridized carbons (Fsp3) is 0.333. The fourth-order valence-electron chi connectivity index (χ4n) is 1.88. The molecule has 2 rings (SSSR count). The second kappa shape index (κ2) is 5.67. The third kappa shape index (κ3) is 2.64. The fourth-order valence-corrected chi connectivity index (χ4v) is 2.84. The summed E-state index contributed by atoms with van der Waals surface area (Å²) in [5.41, 5.74) is 3.21. The Labute approximate surface area is 119 Å². The summed E-state index contributed by atoms with van der Waals surface area (Å²) in [6, 6.07) is 4.08. The lowest BCUT2D eigenvalue weighted by atomic mass is 10.1. The number of thiazole rings is 1. The lowest BCUT2D eigenvalue weighted by Gasteiger charge is -2.04. The van der Waals surface area contributed by atoms with Gasteiger partial charge in [-0.3, -0.25) is 10.2 Å². The number of aryl methyl sites for hydroxylation is 2. The van der Waals surface area contributed by atoms with Crippen LogP contribution in [0.25, 0.3) is 10.2 Å². The molecule has 1 N–H and O–H groups in total. The van der Waals surface area contributed by atoms with E-state index in [2.05, 4.69) is 10.8 Å². The normalized spacial score (nSPS) is 10.2. The molecule has 0 fully saturated rings. The number of methoxy groups -OCH3 is 1. The van der Waals surface area contributed by atoms with Gasteiger partial charge in [-0.25, -0.2) is 0 Å². The first kappa shape index (κ1) is 14.9. The summed E-state index contributed by atoms with van der Waals surface area (Å²) >= 11 is 1.39. The number of carbonyl (C=O) groups excluding carboxylic acids is 1. The summed E-state index contributed by atoms with van der Waals surface area (Å²) < 4.78 is 7.40. The van der Waals surface area contributed by atoms with Crippen molar-refractivity contribution in [1.29, 1.82) is 5.41 Å². The van der Waals surface area contributed by atoms with Gasteiger partial charge in [0, 0.05) is 0 Å². The van der Waals surface area contributed by atoms with Crippen molar-refractivity contribution in [1.82, 2.24) is 4.57 Å². The monoisotopic (exact) mass is 330 g/mol. The third-order valence-corrected chi connectivity index (χ3v) is 3.80. The van der Waals surface area contributed by atoms with Crippen LogP contribution < -0.4 is 4.80 Å². The van der Waals surface area contributed by atoms with Crippen molar-refractivity contribution in [3.05, 3.63) is 28.1 Å². The molecular weight excluding hydrogens is 316 g/mol. The van der Waals surface area contributed by atoms with Crippen LogP contribution in [-0.4, -0.2) is 17.6 Å². The first-order valence-corrected chi connectivity index (χ1v) is 6.06. The lowest BCUT2D eigenvalue weighted by molar-refractivity contribution is -0.141. The predicted molar refractivity (Wildman–Crippen MR) is 77.5 cm³/mol. The molecule has 0 aliphatic rings. The van der Waals surface area contributed by atoms with Gasteiger partial charge in [0.1, 0.15) is 6.54 Å². The van der Waals surface area contributed by atoms with Crippen molar-refractivity contribution in [2.75, 3.05) is 7.11 Å². The van der Waals surface area contributed by atoms with E-state index in [9.17, 15) is 4.79 Å². The summed E-state index contributed by atoms with van der Waals surface area (Å²) in [7, 11) is 1.36. The Bertz CT molecular complexity index is 645. The molecule has 1 aromatic heterocycles. The summed E-state index contributed by atoms with van der Waals surface area (Å²) in [6.07, 6.45) is 0. The number of fused-ring (bicyclic) bond motifs is 1. The van der Waals surface area contributed by atoms with E-state index in [1.54, 1.807) is 4.57 Å². The van der Waals surface area contributed by atoms with Crippen molar-refractivity contribution in [2.24, 2.45) is 0 Å². The molecule has 6 heteroatoms. The number of rotatable bonds is 2. The van der Waals surface area contributed by atoms with E-state index in [0.717, 1.165) is 21.3 Å². The van der Waals surface area contributed by atoms with Gasteiger partial charge in [0.2, 0.25) is 0 Å². The standard InChI is InChI=1S/C12H14N2O2S.BrH/c1-7-4-8(2)11-9(5-7)14(12(13)17-11)6-10(15)16-3;/h4-5,13H,6H2,1-3H3;1H. The highest BCUT2D eigenvalue weighted by molar-refractivity contribution is 8.93. The Balaban J connectivity index is 0.00000162. The second-order valence-electron chi connectivity index (χ2n) is 4.00. The highest BCUT2D eigenvalue weighted by atomic mass is 79.9. The molecule has 1 heterocycles. The van der Waals surface area contributed by atoms with E-state index >= 15 is 0 Å². The van der Waals surface area contributed by atoms with Crippen molar-refractivity contribution < 1.29 is 9.53 Å². The molecule has 1 aromatic carbocycles. The van der Waals surface area contributed by atoms with E-state index in [1.165, 1.54) is 18.4 Å². The number of aromatic nitrogens is 1. The van der Waals surface area contributed by atoms with Crippen molar-refractivity contribution in [2.45, 2.75) is 20.4 Å². The zero-order valence-corrected chi connectivity index (χ0v) is 13.0. The van der Waals surface area contributed by atoms with Crippen LogP contribution in [0.4, 0.5) is 0 Å². The minimum atomic E-state index is -0.331. The van der Waals surface area contributed by atoms with Crippen LogP contribution in [0, 0.1) is 19.3 Å². The highest BCUT2D eigenvalue weighted by Crippen LogP contribution is 2.23. The van der Waals surface area contributed by atoms with Crippen LogP contribution in [0.5, 0.6) is 0 Å². The minimum Gasteiger partial charge on any atom is -0.468 e. The molecule has 0 aliphatic heterocycles. The first-order chi connectivity index (χ1) is 8.02. The van der Waals surface area contributed by atoms with E-state index in [1.807, 2.05) is 19.9 Å². The zero-order chi connectivity index (χ0) is 12.6. The van der Waals surface area contributed by atoms with Crippen molar-refractivity contribution in [3.63, 3.8) is 0 Å². The van der Waals surface area contributed by atoms with E-state index in [4.69, 9.17) is 5.41 Å². The number of benzene rings is 1. The number of esters is 1. The van der Waals surface area contributed by atoms with Crippen molar-refractivity contribution in [3.8, 4) is 0 Å². The first-order valence-electron chi connectivity index (χ1n) is 5.25. The van der Waals surface area contributed by atoms with Crippen LogP contribution in [0.3, 0.4) is 0 Å². The van der Waals surface area contributed by atoms with E-state index in [0.29, 0.717) is 4.80 Å². The molecule has 0 bridgehead atoms. The number of carbonyl (C=O) groups is 1. The largest absolute Gasteiger partial charge is 0.468 e. The number of nitrogens with one attached hydrogen (secondary N) is 1. The molecule has 2 aromatic rings. The summed E-state index contributed by atoms with van der Waals surface area (Å²) in [4.78, 5) is 11.7. The molecule has 0 amide bonds. The van der Waals surface area contributed by atoms with Crippen LogP contribution in [0.2, 0.25) is 0 Å². The topological polar surface area (TPSA) is 55.1 Å². The molecule has 0 unspecified atom stereocenters. The minimum absolute atomic E-state index is 0. The molecule has 0 spiro atoms.